The maximum Gasteiger partial charge on any atom is 0.243 e. The molecule has 1 aromatic heterocycles. The summed E-state index contributed by atoms with van der Waals surface area (Å²) >= 11 is 0. The molecule has 0 radical (unpaired) electrons. The number of fused-ring (bicyclic) bond motifs is 1. The fourth-order valence-electron chi connectivity index (χ4n) is 3.04. The number of hydrogen-bond acceptors (Lipinski definition) is 2. The van der Waals surface area contributed by atoms with Crippen molar-refractivity contribution >= 4 is 22.7 Å². The zero-order valence-electron chi connectivity index (χ0n) is 13.7. The van der Waals surface area contributed by atoms with Gasteiger partial charge in [0.05, 0.1) is 6.04 Å². The molecule has 3 rings (SSSR count). The number of aromatic amines is 1. The molecule has 0 bridgehead atoms. The second-order valence-corrected chi connectivity index (χ2v) is 6.20. The summed E-state index contributed by atoms with van der Waals surface area (Å²) in [5.41, 5.74) is 2.21. The molecule has 2 amide bonds. The lowest BCUT2D eigenvalue weighted by Crippen LogP contribution is -2.35. The molecule has 1 aliphatic heterocycles. The fourth-order valence-corrected chi connectivity index (χ4v) is 3.04. The topological polar surface area (TPSA) is 74.0 Å². The molecule has 2 aromatic rings. The Morgan fingerprint density at radius 1 is 1.08 bits per heavy atom. The first-order chi connectivity index (χ1) is 11.7. The minimum Gasteiger partial charge on any atom is -0.361 e. The molecule has 0 fully saturated rings. The van der Waals surface area contributed by atoms with E-state index in [0.717, 1.165) is 35.7 Å². The highest BCUT2D eigenvalue weighted by Crippen LogP contribution is 2.19. The maximum absolute atomic E-state index is 12.1. The molecule has 1 aliphatic rings. The molecule has 3 N–H and O–H groups in total. The number of carbonyl (C=O) groups excluding carboxylic acids is 2. The monoisotopic (exact) mass is 325 g/mol. The zero-order chi connectivity index (χ0) is 16.8. The number of benzene rings is 1. The highest BCUT2D eigenvalue weighted by Gasteiger charge is 2.14. The first-order valence-corrected chi connectivity index (χ1v) is 8.53. The predicted molar refractivity (Wildman–Crippen MR) is 94.6 cm³/mol. The van der Waals surface area contributed by atoms with Gasteiger partial charge in [0.15, 0.2) is 0 Å². The van der Waals surface area contributed by atoms with Crippen molar-refractivity contribution in [2.75, 3.05) is 6.54 Å². The van der Waals surface area contributed by atoms with E-state index in [-0.39, 0.29) is 17.9 Å². The second-order valence-electron chi connectivity index (χ2n) is 6.20. The van der Waals surface area contributed by atoms with Gasteiger partial charge in [0.2, 0.25) is 11.8 Å². The summed E-state index contributed by atoms with van der Waals surface area (Å²) in [6, 6.07) is 7.89. The van der Waals surface area contributed by atoms with Gasteiger partial charge in [0, 0.05) is 36.1 Å². The average molecular weight is 325 g/mol. The number of nitrogens with one attached hydrogen (secondary N) is 3. The maximum atomic E-state index is 12.1. The van der Waals surface area contributed by atoms with Crippen molar-refractivity contribution in [1.82, 2.24) is 15.6 Å². The van der Waals surface area contributed by atoms with Gasteiger partial charge in [-0.3, -0.25) is 9.59 Å². The van der Waals surface area contributed by atoms with Crippen molar-refractivity contribution in [3.05, 3.63) is 48.2 Å². The molecule has 5 nitrogen and oxygen atoms in total. The lowest BCUT2D eigenvalue weighted by molar-refractivity contribution is -0.122. The summed E-state index contributed by atoms with van der Waals surface area (Å²) in [6.45, 7) is 0.665. The Bertz CT molecular complexity index is 748. The number of para-hydroxylation sites is 1. The SMILES string of the molecule is O=C1/C=C/[C@H](Cc2c[nH]c3ccccc23)NC(=O)CCCCCN1. The minimum atomic E-state index is -0.193. The van der Waals surface area contributed by atoms with Gasteiger partial charge in [-0.25, -0.2) is 0 Å². The average Bonchev–Trinajstić information content (AvgIpc) is 2.98. The van der Waals surface area contributed by atoms with Gasteiger partial charge >= 0.3 is 0 Å². The van der Waals surface area contributed by atoms with E-state index in [4.69, 9.17) is 0 Å². The van der Waals surface area contributed by atoms with Crippen LogP contribution in [0.5, 0.6) is 0 Å². The molecule has 1 atom stereocenters. The van der Waals surface area contributed by atoms with Crippen LogP contribution in [0.4, 0.5) is 0 Å². The first kappa shape index (κ1) is 16.3. The van der Waals surface area contributed by atoms with E-state index in [1.165, 1.54) is 6.08 Å². The van der Waals surface area contributed by atoms with E-state index >= 15 is 0 Å². The van der Waals surface area contributed by atoms with Crippen LogP contribution in [0.3, 0.4) is 0 Å². The number of H-pyrrole nitrogens is 1. The summed E-state index contributed by atoms with van der Waals surface area (Å²) in [5.74, 6) is -0.0563. The number of carbonyl (C=O) groups is 2. The Morgan fingerprint density at radius 2 is 1.96 bits per heavy atom. The predicted octanol–water partition coefficient (Wildman–Crippen LogP) is 2.44. The molecule has 126 valence electrons. The third kappa shape index (κ3) is 4.25. The molecule has 0 saturated carbocycles. The van der Waals surface area contributed by atoms with Crippen LogP contribution >= 0.6 is 0 Å². The Hall–Kier alpha value is -2.56. The largest absolute Gasteiger partial charge is 0.361 e. The molecule has 0 aliphatic carbocycles. The van der Waals surface area contributed by atoms with Gasteiger partial charge in [-0.15, -0.1) is 0 Å². The highest BCUT2D eigenvalue weighted by atomic mass is 16.2. The minimum absolute atomic E-state index is 0.0467. The third-order valence-electron chi connectivity index (χ3n) is 4.32. The van der Waals surface area contributed by atoms with Gasteiger partial charge in [0.25, 0.3) is 0 Å². The number of aromatic nitrogens is 1. The van der Waals surface area contributed by atoms with E-state index in [0.29, 0.717) is 19.4 Å². The van der Waals surface area contributed by atoms with E-state index in [1.54, 1.807) is 6.08 Å². The summed E-state index contributed by atoms with van der Waals surface area (Å²) in [7, 11) is 0. The highest BCUT2D eigenvalue weighted by molar-refractivity contribution is 5.88. The van der Waals surface area contributed by atoms with Crippen LogP contribution < -0.4 is 10.6 Å². The molecule has 0 unspecified atom stereocenters. The van der Waals surface area contributed by atoms with Crippen molar-refractivity contribution in [2.24, 2.45) is 0 Å². The van der Waals surface area contributed by atoms with Crippen molar-refractivity contribution in [3.63, 3.8) is 0 Å². The Balaban J connectivity index is 1.78. The summed E-state index contributed by atoms with van der Waals surface area (Å²) < 4.78 is 0. The standard InChI is InChI=1S/C19H23N3O2/c23-18-10-9-15(22-19(24)8-2-1-5-11-20-18)12-14-13-21-17-7-4-3-6-16(14)17/h3-4,6-7,9-10,13,15,21H,1-2,5,8,11-12H2,(H,20,23)(H,22,24)/b10-9+/t15-/m1/s1. The van der Waals surface area contributed by atoms with Crippen molar-refractivity contribution in [3.8, 4) is 0 Å². The Morgan fingerprint density at radius 3 is 2.88 bits per heavy atom. The van der Waals surface area contributed by atoms with Crippen LogP contribution in [0.1, 0.15) is 31.2 Å². The van der Waals surface area contributed by atoms with Crippen molar-refractivity contribution in [1.29, 1.82) is 0 Å². The quantitative estimate of drug-likeness (QED) is 0.793. The molecule has 2 heterocycles. The second kappa shape index (κ2) is 7.81. The Labute approximate surface area is 141 Å². The third-order valence-corrected chi connectivity index (χ3v) is 4.32. The van der Waals surface area contributed by atoms with E-state index in [9.17, 15) is 9.59 Å². The molecular formula is C19H23N3O2. The molecular weight excluding hydrogens is 302 g/mol. The lowest BCUT2D eigenvalue weighted by Gasteiger charge is -2.16. The van der Waals surface area contributed by atoms with Crippen LogP contribution in [0.25, 0.3) is 10.9 Å². The number of hydrogen-bond donors (Lipinski definition) is 3. The Kier molecular flexibility index (Phi) is 5.31. The molecule has 5 heteroatoms. The van der Waals surface area contributed by atoms with E-state index in [2.05, 4.69) is 21.7 Å². The van der Waals surface area contributed by atoms with Gasteiger partial charge in [-0.2, -0.15) is 0 Å². The molecule has 0 saturated heterocycles. The lowest BCUT2D eigenvalue weighted by atomic mass is 10.0. The van der Waals surface area contributed by atoms with Crippen LogP contribution in [0.15, 0.2) is 42.6 Å². The van der Waals surface area contributed by atoms with Gasteiger partial charge in [-0.1, -0.05) is 30.7 Å². The summed E-state index contributed by atoms with van der Waals surface area (Å²) in [5, 5.41) is 7.06. The smallest absolute Gasteiger partial charge is 0.243 e. The van der Waals surface area contributed by atoms with Gasteiger partial charge < -0.3 is 15.6 Å². The number of rotatable bonds is 2. The first-order valence-electron chi connectivity index (χ1n) is 8.53. The van der Waals surface area contributed by atoms with Crippen LogP contribution in [0, 0.1) is 0 Å². The van der Waals surface area contributed by atoms with Crippen LogP contribution in [-0.4, -0.2) is 29.4 Å². The van der Waals surface area contributed by atoms with Crippen LogP contribution in [-0.2, 0) is 16.0 Å². The fraction of sp³-hybridized carbons (Fsp3) is 0.368. The van der Waals surface area contributed by atoms with E-state index < -0.39 is 0 Å². The summed E-state index contributed by atoms with van der Waals surface area (Å²) in [6.07, 6.45) is 9.19. The van der Waals surface area contributed by atoms with Crippen molar-refractivity contribution in [2.45, 2.75) is 38.1 Å². The van der Waals surface area contributed by atoms with Crippen molar-refractivity contribution < 1.29 is 9.59 Å². The number of amides is 2. The molecule has 24 heavy (non-hydrogen) atoms. The normalized spacial score (nSPS) is 21.4. The summed E-state index contributed by atoms with van der Waals surface area (Å²) in [4.78, 5) is 27.2. The van der Waals surface area contributed by atoms with Gasteiger partial charge in [0.1, 0.15) is 0 Å². The van der Waals surface area contributed by atoms with Crippen LogP contribution in [0.2, 0.25) is 0 Å². The molecule has 1 aromatic carbocycles. The zero-order valence-corrected chi connectivity index (χ0v) is 13.7. The van der Waals surface area contributed by atoms with E-state index in [1.807, 2.05) is 24.4 Å². The van der Waals surface area contributed by atoms with Gasteiger partial charge in [-0.05, 0) is 30.9 Å². The molecule has 0 spiro atoms.